The lowest BCUT2D eigenvalue weighted by Crippen LogP contribution is -2.26. The molecule has 0 aliphatic heterocycles. The minimum absolute atomic E-state index is 0.0979. The molecule has 1 fully saturated rings. The molecular weight excluding hydrogens is 220 g/mol. The van der Waals surface area contributed by atoms with Crippen LogP contribution in [0.1, 0.15) is 19.3 Å². The standard InChI is InChI=1S/C12H16N2O3/c15-8-9-2-1-3-12(9)13-10-4-6-11(7-5-10)14(16)17/h4-7,9,12-13,15H,1-3,8H2. The second-order valence-electron chi connectivity index (χ2n) is 4.43. The van der Waals surface area contributed by atoms with E-state index in [4.69, 9.17) is 0 Å². The molecule has 2 unspecified atom stereocenters. The molecule has 1 aromatic rings. The second kappa shape index (κ2) is 5.14. The van der Waals surface area contributed by atoms with Crippen LogP contribution in [0.2, 0.25) is 0 Å². The predicted octanol–water partition coefficient (Wildman–Crippen LogP) is 2.17. The van der Waals surface area contributed by atoms with E-state index in [1.165, 1.54) is 12.1 Å². The van der Waals surface area contributed by atoms with Crippen LogP contribution in [0, 0.1) is 16.0 Å². The van der Waals surface area contributed by atoms with Gasteiger partial charge in [0.15, 0.2) is 0 Å². The summed E-state index contributed by atoms with van der Waals surface area (Å²) in [5, 5.41) is 23.0. The molecule has 1 aliphatic carbocycles. The summed E-state index contributed by atoms with van der Waals surface area (Å²) in [6.07, 6.45) is 3.21. The summed E-state index contributed by atoms with van der Waals surface area (Å²) >= 11 is 0. The zero-order valence-electron chi connectivity index (χ0n) is 9.50. The molecular formula is C12H16N2O3. The Labute approximate surface area is 99.6 Å². The highest BCUT2D eigenvalue weighted by atomic mass is 16.6. The Hall–Kier alpha value is -1.62. The highest BCUT2D eigenvalue weighted by molar-refractivity contribution is 5.49. The van der Waals surface area contributed by atoms with E-state index in [1.54, 1.807) is 12.1 Å². The van der Waals surface area contributed by atoms with Gasteiger partial charge in [-0.3, -0.25) is 10.1 Å². The zero-order valence-corrected chi connectivity index (χ0v) is 9.50. The number of hydrogen-bond acceptors (Lipinski definition) is 4. The average Bonchev–Trinajstić information content (AvgIpc) is 2.77. The Kier molecular flexibility index (Phi) is 3.58. The maximum absolute atomic E-state index is 10.5. The van der Waals surface area contributed by atoms with Gasteiger partial charge in [-0.25, -0.2) is 0 Å². The molecule has 0 amide bonds. The van der Waals surface area contributed by atoms with E-state index < -0.39 is 4.92 Å². The van der Waals surface area contributed by atoms with E-state index in [0.717, 1.165) is 24.9 Å². The Bertz CT molecular complexity index is 391. The topological polar surface area (TPSA) is 75.4 Å². The molecule has 2 rings (SSSR count). The number of nitro benzene ring substituents is 1. The lowest BCUT2D eigenvalue weighted by Gasteiger charge is -2.20. The largest absolute Gasteiger partial charge is 0.396 e. The van der Waals surface area contributed by atoms with Gasteiger partial charge in [0.1, 0.15) is 0 Å². The van der Waals surface area contributed by atoms with Gasteiger partial charge in [0.2, 0.25) is 0 Å². The Morgan fingerprint density at radius 3 is 2.65 bits per heavy atom. The molecule has 0 spiro atoms. The minimum Gasteiger partial charge on any atom is -0.396 e. The molecule has 1 aliphatic rings. The SMILES string of the molecule is O=[N+]([O-])c1ccc(NC2CCCC2CO)cc1. The van der Waals surface area contributed by atoms with E-state index in [1.807, 2.05) is 0 Å². The van der Waals surface area contributed by atoms with Gasteiger partial charge in [-0.15, -0.1) is 0 Å². The molecule has 0 bridgehead atoms. The average molecular weight is 236 g/mol. The predicted molar refractivity (Wildman–Crippen MR) is 64.9 cm³/mol. The molecule has 0 aromatic heterocycles. The van der Waals surface area contributed by atoms with Gasteiger partial charge in [0.25, 0.3) is 5.69 Å². The summed E-state index contributed by atoms with van der Waals surface area (Å²) < 4.78 is 0. The number of benzene rings is 1. The molecule has 0 heterocycles. The van der Waals surface area contributed by atoms with E-state index in [-0.39, 0.29) is 18.3 Å². The van der Waals surface area contributed by atoms with Crippen molar-refractivity contribution in [3.8, 4) is 0 Å². The fraction of sp³-hybridized carbons (Fsp3) is 0.500. The fourth-order valence-corrected chi connectivity index (χ4v) is 2.34. The molecule has 0 radical (unpaired) electrons. The monoisotopic (exact) mass is 236 g/mol. The van der Waals surface area contributed by atoms with Gasteiger partial charge in [0, 0.05) is 36.4 Å². The van der Waals surface area contributed by atoms with Crippen molar-refractivity contribution in [2.24, 2.45) is 5.92 Å². The number of nitro groups is 1. The number of rotatable bonds is 4. The Balaban J connectivity index is 2.01. The number of hydrogen-bond donors (Lipinski definition) is 2. The van der Waals surface area contributed by atoms with Gasteiger partial charge in [-0.05, 0) is 25.0 Å². The van der Waals surface area contributed by atoms with Crippen molar-refractivity contribution in [1.82, 2.24) is 0 Å². The lowest BCUT2D eigenvalue weighted by atomic mass is 10.0. The molecule has 5 nitrogen and oxygen atoms in total. The van der Waals surface area contributed by atoms with Crippen LogP contribution in [0.5, 0.6) is 0 Å². The summed E-state index contributed by atoms with van der Waals surface area (Å²) in [5.41, 5.74) is 0.974. The summed E-state index contributed by atoms with van der Waals surface area (Å²) in [4.78, 5) is 10.1. The molecule has 17 heavy (non-hydrogen) atoms. The maximum atomic E-state index is 10.5. The summed E-state index contributed by atoms with van der Waals surface area (Å²) in [6, 6.07) is 6.69. The second-order valence-corrected chi connectivity index (χ2v) is 4.43. The number of nitrogens with zero attached hydrogens (tertiary/aromatic N) is 1. The van der Waals surface area contributed by atoms with Crippen LogP contribution < -0.4 is 5.32 Å². The van der Waals surface area contributed by atoms with Gasteiger partial charge in [-0.2, -0.15) is 0 Å². The Morgan fingerprint density at radius 1 is 1.35 bits per heavy atom. The quantitative estimate of drug-likeness (QED) is 0.620. The van der Waals surface area contributed by atoms with Crippen molar-refractivity contribution in [3.05, 3.63) is 34.4 Å². The van der Waals surface area contributed by atoms with E-state index in [2.05, 4.69) is 5.32 Å². The first kappa shape index (κ1) is 11.9. The number of non-ortho nitro benzene ring substituents is 1. The van der Waals surface area contributed by atoms with Crippen LogP contribution >= 0.6 is 0 Å². The van der Waals surface area contributed by atoms with E-state index >= 15 is 0 Å². The van der Waals surface area contributed by atoms with Crippen LogP contribution in [-0.4, -0.2) is 22.7 Å². The highest BCUT2D eigenvalue weighted by Crippen LogP contribution is 2.28. The fourth-order valence-electron chi connectivity index (χ4n) is 2.34. The summed E-state index contributed by atoms with van der Waals surface area (Å²) in [6.45, 7) is 0.199. The molecule has 2 atom stereocenters. The van der Waals surface area contributed by atoms with Crippen molar-refractivity contribution in [2.75, 3.05) is 11.9 Å². The summed E-state index contributed by atoms with van der Waals surface area (Å²) in [7, 11) is 0. The van der Waals surface area contributed by atoms with Gasteiger partial charge >= 0.3 is 0 Å². The van der Waals surface area contributed by atoms with Crippen LogP contribution in [-0.2, 0) is 0 Å². The van der Waals surface area contributed by atoms with Gasteiger partial charge < -0.3 is 10.4 Å². The van der Waals surface area contributed by atoms with Crippen molar-refractivity contribution in [2.45, 2.75) is 25.3 Å². The maximum Gasteiger partial charge on any atom is 0.269 e. The summed E-state index contributed by atoms with van der Waals surface area (Å²) in [5.74, 6) is 0.296. The third-order valence-corrected chi connectivity index (χ3v) is 3.32. The van der Waals surface area contributed by atoms with E-state index in [9.17, 15) is 15.2 Å². The first-order valence-electron chi connectivity index (χ1n) is 5.82. The third kappa shape index (κ3) is 2.74. The number of aliphatic hydroxyl groups is 1. The smallest absolute Gasteiger partial charge is 0.269 e. The van der Waals surface area contributed by atoms with Crippen molar-refractivity contribution >= 4 is 11.4 Å². The third-order valence-electron chi connectivity index (χ3n) is 3.32. The molecule has 0 saturated heterocycles. The van der Waals surface area contributed by atoms with Crippen molar-refractivity contribution < 1.29 is 10.0 Å². The van der Waals surface area contributed by atoms with Crippen LogP contribution in [0.4, 0.5) is 11.4 Å². The number of anilines is 1. The minimum atomic E-state index is -0.407. The molecule has 1 saturated carbocycles. The van der Waals surface area contributed by atoms with Gasteiger partial charge in [0.05, 0.1) is 4.92 Å². The van der Waals surface area contributed by atoms with Crippen LogP contribution in [0.25, 0.3) is 0 Å². The van der Waals surface area contributed by atoms with Crippen molar-refractivity contribution in [1.29, 1.82) is 0 Å². The Morgan fingerprint density at radius 2 is 2.06 bits per heavy atom. The lowest BCUT2D eigenvalue weighted by molar-refractivity contribution is -0.384. The first-order chi connectivity index (χ1) is 8.20. The van der Waals surface area contributed by atoms with Gasteiger partial charge in [-0.1, -0.05) is 6.42 Å². The van der Waals surface area contributed by atoms with Crippen molar-refractivity contribution in [3.63, 3.8) is 0 Å². The number of nitrogens with one attached hydrogen (secondary N) is 1. The van der Waals surface area contributed by atoms with Crippen LogP contribution in [0.15, 0.2) is 24.3 Å². The number of aliphatic hydroxyl groups excluding tert-OH is 1. The normalized spacial score (nSPS) is 23.6. The molecule has 5 heteroatoms. The first-order valence-corrected chi connectivity index (χ1v) is 5.82. The van der Waals surface area contributed by atoms with Crippen LogP contribution in [0.3, 0.4) is 0 Å². The highest BCUT2D eigenvalue weighted by Gasteiger charge is 2.26. The zero-order chi connectivity index (χ0) is 12.3. The van der Waals surface area contributed by atoms with E-state index in [0.29, 0.717) is 5.92 Å². The molecule has 1 aromatic carbocycles. The molecule has 92 valence electrons. The molecule has 2 N–H and O–H groups in total.